The molecule has 1 aromatic carbocycles. The Morgan fingerprint density at radius 2 is 2.28 bits per heavy atom. The van der Waals surface area contributed by atoms with Crippen molar-refractivity contribution in [1.29, 1.82) is 0 Å². The van der Waals surface area contributed by atoms with E-state index < -0.39 is 0 Å². The Morgan fingerprint density at radius 1 is 1.44 bits per heavy atom. The molecule has 1 N–H and O–H groups in total. The van der Waals surface area contributed by atoms with Gasteiger partial charge in [-0.15, -0.1) is 0 Å². The third kappa shape index (κ3) is 3.79. The van der Waals surface area contributed by atoms with Crippen molar-refractivity contribution >= 4 is 0 Å². The summed E-state index contributed by atoms with van der Waals surface area (Å²) < 4.78 is 13.5. The van der Waals surface area contributed by atoms with Gasteiger partial charge >= 0.3 is 0 Å². The molecule has 0 amide bonds. The molecule has 1 unspecified atom stereocenters. The van der Waals surface area contributed by atoms with Crippen molar-refractivity contribution in [2.45, 2.75) is 26.3 Å². The summed E-state index contributed by atoms with van der Waals surface area (Å²) in [6, 6.07) is 5.54. The number of benzene rings is 1. The number of nitrogens with zero attached hydrogens (tertiary/aromatic N) is 1. The van der Waals surface area contributed by atoms with Gasteiger partial charge in [0, 0.05) is 13.1 Å². The van der Waals surface area contributed by atoms with Crippen LogP contribution in [-0.4, -0.2) is 31.6 Å². The van der Waals surface area contributed by atoms with Crippen molar-refractivity contribution in [2.24, 2.45) is 5.92 Å². The summed E-state index contributed by atoms with van der Waals surface area (Å²) in [5.74, 6) is 0.638. The van der Waals surface area contributed by atoms with E-state index in [4.69, 9.17) is 0 Å². The van der Waals surface area contributed by atoms with E-state index in [-0.39, 0.29) is 5.82 Å². The topological polar surface area (TPSA) is 15.3 Å². The largest absolute Gasteiger partial charge is 0.316 e. The molecule has 1 saturated heterocycles. The Hall–Kier alpha value is -0.930. The van der Waals surface area contributed by atoms with Crippen LogP contribution in [0.1, 0.15) is 24.0 Å². The first-order valence-corrected chi connectivity index (χ1v) is 6.79. The summed E-state index contributed by atoms with van der Waals surface area (Å²) in [5, 5.41) is 3.43. The standard InChI is InChI=1S/C15H23FN2/c1-12-5-6-13(8-15(12)16)10-18(2)11-14-4-3-7-17-9-14/h5-6,8,14,17H,3-4,7,9-11H2,1-2H3. The van der Waals surface area contributed by atoms with Crippen molar-refractivity contribution in [3.63, 3.8) is 0 Å². The summed E-state index contributed by atoms with van der Waals surface area (Å²) in [4.78, 5) is 2.29. The van der Waals surface area contributed by atoms with Crippen LogP contribution in [0.25, 0.3) is 0 Å². The van der Waals surface area contributed by atoms with Gasteiger partial charge in [0.2, 0.25) is 0 Å². The third-order valence-electron chi connectivity index (χ3n) is 3.66. The molecule has 0 spiro atoms. The quantitative estimate of drug-likeness (QED) is 0.883. The molecule has 1 heterocycles. The summed E-state index contributed by atoms with van der Waals surface area (Å²) >= 11 is 0. The van der Waals surface area contributed by atoms with Gasteiger partial charge in [-0.2, -0.15) is 0 Å². The van der Waals surface area contributed by atoms with Crippen LogP contribution in [0.3, 0.4) is 0 Å². The fourth-order valence-electron chi connectivity index (χ4n) is 2.63. The van der Waals surface area contributed by atoms with Gasteiger partial charge in [0.25, 0.3) is 0 Å². The van der Waals surface area contributed by atoms with Crippen LogP contribution in [0.15, 0.2) is 18.2 Å². The highest BCUT2D eigenvalue weighted by Crippen LogP contribution is 2.14. The molecule has 1 aromatic rings. The van der Waals surface area contributed by atoms with E-state index >= 15 is 0 Å². The van der Waals surface area contributed by atoms with Gasteiger partial charge in [0.1, 0.15) is 5.82 Å². The van der Waals surface area contributed by atoms with Crippen LogP contribution in [0.2, 0.25) is 0 Å². The predicted octanol–water partition coefficient (Wildman–Crippen LogP) is 2.57. The first kappa shape index (κ1) is 13.5. The molecule has 1 atom stereocenters. The lowest BCUT2D eigenvalue weighted by Crippen LogP contribution is -2.36. The Labute approximate surface area is 109 Å². The summed E-state index contributed by atoms with van der Waals surface area (Å²) in [6.45, 7) is 5.99. The second kappa shape index (κ2) is 6.30. The van der Waals surface area contributed by atoms with Crippen molar-refractivity contribution < 1.29 is 4.39 Å². The van der Waals surface area contributed by atoms with Crippen LogP contribution in [0.4, 0.5) is 4.39 Å². The van der Waals surface area contributed by atoms with Crippen molar-refractivity contribution in [3.05, 3.63) is 35.1 Å². The fraction of sp³-hybridized carbons (Fsp3) is 0.600. The molecule has 1 aliphatic heterocycles. The molecule has 1 fully saturated rings. The lowest BCUT2D eigenvalue weighted by molar-refractivity contribution is 0.237. The maximum absolute atomic E-state index is 13.5. The Morgan fingerprint density at radius 3 is 2.94 bits per heavy atom. The van der Waals surface area contributed by atoms with Gasteiger partial charge in [-0.3, -0.25) is 0 Å². The first-order chi connectivity index (χ1) is 8.65. The number of piperidine rings is 1. The highest BCUT2D eigenvalue weighted by Gasteiger charge is 2.15. The normalized spacial score (nSPS) is 20.3. The van der Waals surface area contributed by atoms with E-state index in [1.807, 2.05) is 12.1 Å². The monoisotopic (exact) mass is 250 g/mol. The fourth-order valence-corrected chi connectivity index (χ4v) is 2.63. The molecule has 1 aliphatic rings. The minimum absolute atomic E-state index is 0.0970. The van der Waals surface area contributed by atoms with Crippen LogP contribution >= 0.6 is 0 Å². The first-order valence-electron chi connectivity index (χ1n) is 6.79. The predicted molar refractivity (Wildman–Crippen MR) is 73.1 cm³/mol. The third-order valence-corrected chi connectivity index (χ3v) is 3.66. The van der Waals surface area contributed by atoms with Gasteiger partial charge in [-0.25, -0.2) is 4.39 Å². The maximum atomic E-state index is 13.5. The van der Waals surface area contributed by atoms with Crippen molar-refractivity contribution in [2.75, 3.05) is 26.7 Å². The van der Waals surface area contributed by atoms with Crippen LogP contribution in [0.5, 0.6) is 0 Å². The lowest BCUT2D eigenvalue weighted by atomic mass is 9.99. The average Bonchev–Trinajstić information content (AvgIpc) is 2.35. The molecular weight excluding hydrogens is 227 g/mol. The Bertz CT molecular complexity index is 386. The van der Waals surface area contributed by atoms with Gasteiger partial charge in [-0.05, 0) is 63.0 Å². The van der Waals surface area contributed by atoms with Gasteiger partial charge in [0.05, 0.1) is 0 Å². The highest BCUT2D eigenvalue weighted by molar-refractivity contribution is 5.23. The second-order valence-corrected chi connectivity index (χ2v) is 5.49. The minimum atomic E-state index is -0.0970. The second-order valence-electron chi connectivity index (χ2n) is 5.49. The number of halogens is 1. The van der Waals surface area contributed by atoms with E-state index in [9.17, 15) is 4.39 Å². The minimum Gasteiger partial charge on any atom is -0.316 e. The highest BCUT2D eigenvalue weighted by atomic mass is 19.1. The van der Waals surface area contributed by atoms with E-state index in [0.717, 1.165) is 43.2 Å². The van der Waals surface area contributed by atoms with Crippen LogP contribution in [0, 0.1) is 18.7 Å². The molecule has 18 heavy (non-hydrogen) atoms. The Kier molecular flexibility index (Phi) is 4.72. The number of hydrogen-bond acceptors (Lipinski definition) is 2. The molecule has 0 aromatic heterocycles. The van der Waals surface area contributed by atoms with Gasteiger partial charge < -0.3 is 10.2 Å². The van der Waals surface area contributed by atoms with Crippen LogP contribution < -0.4 is 5.32 Å². The molecule has 0 radical (unpaired) electrons. The maximum Gasteiger partial charge on any atom is 0.126 e. The number of hydrogen-bond donors (Lipinski definition) is 1. The van der Waals surface area contributed by atoms with E-state index in [1.165, 1.54) is 12.8 Å². The summed E-state index contributed by atoms with van der Waals surface area (Å²) in [7, 11) is 2.12. The number of nitrogens with one attached hydrogen (secondary N) is 1. The number of rotatable bonds is 4. The lowest BCUT2D eigenvalue weighted by Gasteiger charge is -2.27. The summed E-state index contributed by atoms with van der Waals surface area (Å²) in [6.07, 6.45) is 2.58. The smallest absolute Gasteiger partial charge is 0.126 e. The molecule has 2 rings (SSSR count). The van der Waals surface area contributed by atoms with Crippen LogP contribution in [-0.2, 0) is 6.54 Å². The van der Waals surface area contributed by atoms with E-state index in [2.05, 4.69) is 17.3 Å². The molecule has 0 saturated carbocycles. The van der Waals surface area contributed by atoms with E-state index in [0.29, 0.717) is 0 Å². The SMILES string of the molecule is Cc1ccc(CN(C)CC2CCCNC2)cc1F. The zero-order valence-electron chi connectivity index (χ0n) is 11.4. The van der Waals surface area contributed by atoms with E-state index in [1.54, 1.807) is 13.0 Å². The molecule has 0 aliphatic carbocycles. The Balaban J connectivity index is 1.85. The van der Waals surface area contributed by atoms with Crippen molar-refractivity contribution in [1.82, 2.24) is 10.2 Å². The van der Waals surface area contributed by atoms with Crippen molar-refractivity contribution in [3.8, 4) is 0 Å². The molecular formula is C15H23FN2. The molecule has 3 heteroatoms. The number of aryl methyl sites for hydroxylation is 1. The molecule has 0 bridgehead atoms. The molecule has 2 nitrogen and oxygen atoms in total. The average molecular weight is 250 g/mol. The molecule has 100 valence electrons. The van der Waals surface area contributed by atoms with Gasteiger partial charge in [0.15, 0.2) is 0 Å². The zero-order chi connectivity index (χ0) is 13.0. The van der Waals surface area contributed by atoms with Gasteiger partial charge in [-0.1, -0.05) is 12.1 Å². The zero-order valence-corrected chi connectivity index (χ0v) is 11.4. The summed E-state index contributed by atoms with van der Waals surface area (Å²) in [5.41, 5.74) is 1.78.